The zero-order chi connectivity index (χ0) is 20.9. The van der Waals surface area contributed by atoms with E-state index >= 15 is 0 Å². The number of fused-ring (bicyclic) bond motifs is 1. The first kappa shape index (κ1) is 20.8. The van der Waals surface area contributed by atoms with Gasteiger partial charge in [0.05, 0.1) is 35.9 Å². The number of benzene rings is 1. The van der Waals surface area contributed by atoms with Crippen LogP contribution in [0.5, 0.6) is 5.75 Å². The Morgan fingerprint density at radius 1 is 1.17 bits per heavy atom. The van der Waals surface area contributed by atoms with Gasteiger partial charge >= 0.3 is 0 Å². The molecule has 2 aliphatic heterocycles. The van der Waals surface area contributed by atoms with Crippen molar-refractivity contribution in [2.24, 2.45) is 5.41 Å². The molecular weight excluding hydrogens is 394 g/mol. The summed E-state index contributed by atoms with van der Waals surface area (Å²) >= 11 is 0. The third-order valence-electron chi connectivity index (χ3n) is 6.99. The van der Waals surface area contributed by atoms with Crippen molar-refractivity contribution in [1.82, 2.24) is 0 Å². The first-order valence-electron chi connectivity index (χ1n) is 10.0. The van der Waals surface area contributed by atoms with Crippen LogP contribution in [0.3, 0.4) is 0 Å². The van der Waals surface area contributed by atoms with Crippen molar-refractivity contribution in [2.75, 3.05) is 40.2 Å². The number of nitrogens with zero attached hydrogens (tertiary/aromatic N) is 1. The van der Waals surface area contributed by atoms with Crippen LogP contribution in [0.2, 0.25) is 0 Å². The lowest BCUT2D eigenvalue weighted by Crippen LogP contribution is -2.58. The van der Waals surface area contributed by atoms with Crippen molar-refractivity contribution in [3.63, 3.8) is 0 Å². The molecule has 0 aromatic heterocycles. The summed E-state index contributed by atoms with van der Waals surface area (Å²) in [6.45, 7) is 2.56. The number of methoxy groups -OCH3 is 1. The minimum Gasteiger partial charge on any atom is -0.748 e. The molecular formula is C21H29NO6S. The Labute approximate surface area is 172 Å². The summed E-state index contributed by atoms with van der Waals surface area (Å²) in [6.07, 6.45) is 8.53. The molecule has 160 valence electrons. The third kappa shape index (κ3) is 3.60. The van der Waals surface area contributed by atoms with Gasteiger partial charge in [0.25, 0.3) is 0 Å². The highest BCUT2D eigenvalue weighted by Gasteiger charge is 2.67. The molecule has 4 aliphatic rings. The highest BCUT2D eigenvalue weighted by Crippen LogP contribution is 2.64. The third-order valence-corrected chi connectivity index (χ3v) is 6.99. The number of ether oxygens (including phenoxy) is 3. The van der Waals surface area contributed by atoms with Crippen molar-refractivity contribution in [3.05, 3.63) is 29.3 Å². The van der Waals surface area contributed by atoms with E-state index in [1.165, 1.54) is 11.1 Å². The second-order valence-electron chi connectivity index (χ2n) is 8.79. The van der Waals surface area contributed by atoms with Crippen LogP contribution in [0.4, 0.5) is 0 Å². The highest BCUT2D eigenvalue weighted by molar-refractivity contribution is 7.84. The predicted octanol–water partition coefficient (Wildman–Crippen LogP) is 1.68. The fourth-order valence-corrected chi connectivity index (χ4v) is 5.92. The molecule has 1 saturated heterocycles. The maximum Gasteiger partial charge on any atom is 0.169 e. The van der Waals surface area contributed by atoms with E-state index in [0.717, 1.165) is 57.6 Å². The first-order chi connectivity index (χ1) is 13.6. The lowest BCUT2D eigenvalue weighted by molar-refractivity contribution is -0.507. The summed E-state index contributed by atoms with van der Waals surface area (Å²) in [4.78, 5) is 0. The summed E-state index contributed by atoms with van der Waals surface area (Å²) < 4.78 is 47.5. The van der Waals surface area contributed by atoms with E-state index in [4.69, 9.17) is 27.2 Å². The molecule has 2 fully saturated rings. The van der Waals surface area contributed by atoms with Crippen molar-refractivity contribution in [1.29, 1.82) is 0 Å². The standard InChI is InChI=1S/C20H26NO3.CH4O3S/c1-21-8-7-19-13-20(23-9-10-24-20)6-5-18(19,14-21)12-15-3-4-16(22-2)11-17(15)19;1-5(2,3)4/h3-4,11,14H,5-10,12-13H2,1-2H3;1H3,(H,2,3,4)/q+1;/p-1. The number of hydrogen-bond acceptors (Lipinski definition) is 6. The lowest BCUT2D eigenvalue weighted by Gasteiger charge is -2.53. The van der Waals surface area contributed by atoms with Crippen LogP contribution in [-0.2, 0) is 31.4 Å². The fraction of sp³-hybridized carbons (Fsp3) is 0.667. The van der Waals surface area contributed by atoms with Gasteiger partial charge in [0.1, 0.15) is 25.6 Å². The van der Waals surface area contributed by atoms with Crippen LogP contribution in [0.25, 0.3) is 0 Å². The summed E-state index contributed by atoms with van der Waals surface area (Å²) in [5.74, 6) is 0.600. The van der Waals surface area contributed by atoms with Gasteiger partial charge in [-0.3, -0.25) is 0 Å². The van der Waals surface area contributed by atoms with E-state index in [-0.39, 0.29) is 16.6 Å². The van der Waals surface area contributed by atoms with E-state index in [9.17, 15) is 0 Å². The van der Waals surface area contributed by atoms with Gasteiger partial charge in [0.2, 0.25) is 0 Å². The Bertz CT molecular complexity index is 928. The molecule has 5 rings (SSSR count). The van der Waals surface area contributed by atoms with Gasteiger partial charge in [0, 0.05) is 30.9 Å². The Morgan fingerprint density at radius 3 is 2.52 bits per heavy atom. The summed E-state index contributed by atoms with van der Waals surface area (Å²) in [7, 11) is 0.0586. The minimum absolute atomic E-state index is 0.117. The molecule has 29 heavy (non-hydrogen) atoms. The highest BCUT2D eigenvalue weighted by atomic mass is 32.2. The minimum atomic E-state index is -3.92. The molecule has 2 atom stereocenters. The van der Waals surface area contributed by atoms with Crippen LogP contribution < -0.4 is 4.74 Å². The summed E-state index contributed by atoms with van der Waals surface area (Å²) in [6, 6.07) is 6.67. The number of rotatable bonds is 1. The summed E-state index contributed by atoms with van der Waals surface area (Å²) in [5, 5.41) is 0. The van der Waals surface area contributed by atoms with Gasteiger partial charge in [-0.1, -0.05) is 6.07 Å². The first-order valence-corrected chi connectivity index (χ1v) is 11.8. The summed E-state index contributed by atoms with van der Waals surface area (Å²) in [5.41, 5.74) is 3.28. The SMILES string of the molecule is COc1ccc2c(c1)C13CC[N+](C)=CC1(CCC1(C3)OCCO1)C2.CS(=O)(=O)[O-]. The predicted molar refractivity (Wildman–Crippen MR) is 107 cm³/mol. The maximum absolute atomic E-state index is 9.08. The van der Waals surface area contributed by atoms with Crippen molar-refractivity contribution in [3.8, 4) is 5.75 Å². The van der Waals surface area contributed by atoms with Gasteiger partial charge in [0.15, 0.2) is 5.79 Å². The monoisotopic (exact) mass is 423 g/mol. The molecule has 7 nitrogen and oxygen atoms in total. The van der Waals surface area contributed by atoms with Crippen LogP contribution in [0, 0.1) is 5.41 Å². The molecule has 1 aromatic carbocycles. The van der Waals surface area contributed by atoms with Crippen LogP contribution in [0.1, 0.15) is 36.8 Å². The Kier molecular flexibility index (Phi) is 5.05. The Balaban J connectivity index is 0.000000369. The molecule has 1 spiro atoms. The van der Waals surface area contributed by atoms with Gasteiger partial charge in [-0.05, 0) is 36.1 Å². The van der Waals surface area contributed by atoms with E-state index in [0.29, 0.717) is 6.26 Å². The maximum atomic E-state index is 9.08. The second kappa shape index (κ2) is 7.04. The average molecular weight is 424 g/mol. The molecule has 0 bridgehead atoms. The smallest absolute Gasteiger partial charge is 0.169 e. The zero-order valence-corrected chi connectivity index (χ0v) is 18.1. The van der Waals surface area contributed by atoms with Crippen LogP contribution in [-0.4, -0.2) is 69.7 Å². The Hall–Kier alpha value is -1.48. The molecule has 2 heterocycles. The zero-order valence-electron chi connectivity index (χ0n) is 17.3. The average Bonchev–Trinajstić information content (AvgIpc) is 3.20. The molecule has 0 radical (unpaired) electrons. The van der Waals surface area contributed by atoms with Crippen molar-refractivity contribution >= 4 is 16.3 Å². The van der Waals surface area contributed by atoms with E-state index < -0.39 is 10.1 Å². The normalized spacial score (nSPS) is 31.8. The molecule has 0 N–H and O–H groups in total. The van der Waals surface area contributed by atoms with Gasteiger partial charge in [-0.25, -0.2) is 13.0 Å². The molecule has 1 saturated carbocycles. The molecule has 2 aliphatic carbocycles. The van der Waals surface area contributed by atoms with Gasteiger partial charge in [-0.15, -0.1) is 0 Å². The van der Waals surface area contributed by atoms with E-state index in [1.54, 1.807) is 7.11 Å². The largest absolute Gasteiger partial charge is 0.748 e. The van der Waals surface area contributed by atoms with E-state index in [2.05, 4.69) is 36.0 Å². The molecule has 0 amide bonds. The van der Waals surface area contributed by atoms with Crippen LogP contribution >= 0.6 is 0 Å². The molecule has 8 heteroatoms. The number of hydrogen-bond donors (Lipinski definition) is 0. The molecule has 1 aromatic rings. The molecule has 2 unspecified atom stereocenters. The van der Waals surface area contributed by atoms with Gasteiger partial charge in [-0.2, -0.15) is 0 Å². The van der Waals surface area contributed by atoms with Crippen LogP contribution in [0.15, 0.2) is 18.2 Å². The van der Waals surface area contributed by atoms with E-state index in [1.807, 2.05) is 0 Å². The van der Waals surface area contributed by atoms with Gasteiger partial charge < -0.3 is 18.8 Å². The quantitative estimate of drug-likeness (QED) is 0.505. The second-order valence-corrected chi connectivity index (χ2v) is 10.2. The van der Waals surface area contributed by atoms with Crippen molar-refractivity contribution in [2.45, 2.75) is 43.3 Å². The lowest BCUT2D eigenvalue weighted by atomic mass is 9.53. The Morgan fingerprint density at radius 2 is 1.86 bits per heavy atom. The fourth-order valence-electron chi connectivity index (χ4n) is 5.92. The topological polar surface area (TPSA) is 87.9 Å². The van der Waals surface area contributed by atoms with Crippen molar-refractivity contribution < 1.29 is 31.8 Å².